The number of aromatic nitrogens is 1. The van der Waals surface area contributed by atoms with Gasteiger partial charge in [-0.25, -0.2) is 9.78 Å². The number of fused-ring (bicyclic) bond motifs is 1. The van der Waals surface area contributed by atoms with E-state index < -0.39 is 5.97 Å². The predicted octanol–water partition coefficient (Wildman–Crippen LogP) is 2.51. The number of rotatable bonds is 6. The van der Waals surface area contributed by atoms with Gasteiger partial charge in [-0.1, -0.05) is 18.2 Å². The fourth-order valence-electron chi connectivity index (χ4n) is 2.65. The van der Waals surface area contributed by atoms with Crippen LogP contribution in [0.1, 0.15) is 29.6 Å². The second-order valence-corrected chi connectivity index (χ2v) is 5.70. The van der Waals surface area contributed by atoms with Gasteiger partial charge in [-0.15, -0.1) is 0 Å². The minimum atomic E-state index is -0.951. The third-order valence-electron chi connectivity index (χ3n) is 4.19. The number of benzene rings is 1. The molecule has 2 aromatic rings. The van der Waals surface area contributed by atoms with Crippen LogP contribution in [0.25, 0.3) is 10.9 Å². The molecule has 3 rings (SSSR count). The Balaban J connectivity index is 1.87. The zero-order valence-corrected chi connectivity index (χ0v) is 11.7. The summed E-state index contributed by atoms with van der Waals surface area (Å²) in [4.78, 5) is 15.9. The van der Waals surface area contributed by atoms with Crippen LogP contribution in [0.3, 0.4) is 0 Å². The maximum Gasteiger partial charge on any atom is 0.336 e. The van der Waals surface area contributed by atoms with E-state index in [0.717, 1.165) is 25.8 Å². The number of aromatic carboxylic acids is 1. The van der Waals surface area contributed by atoms with Crippen molar-refractivity contribution in [2.45, 2.75) is 19.3 Å². The number of hydrogen-bond acceptors (Lipinski definition) is 4. The fourth-order valence-corrected chi connectivity index (χ4v) is 2.65. The Morgan fingerprint density at radius 3 is 2.76 bits per heavy atom. The summed E-state index contributed by atoms with van der Waals surface area (Å²) in [5.41, 5.74) is 1.09. The number of carboxylic acids is 1. The maximum atomic E-state index is 11.4. The number of carbonyl (C=O) groups is 1. The molecule has 1 heterocycles. The smallest absolute Gasteiger partial charge is 0.336 e. The molecule has 1 aromatic carbocycles. The van der Waals surface area contributed by atoms with Gasteiger partial charge in [0, 0.05) is 18.5 Å². The molecule has 0 unspecified atom stereocenters. The average molecular weight is 286 g/mol. The van der Waals surface area contributed by atoms with Crippen molar-refractivity contribution in [2.24, 2.45) is 5.41 Å². The lowest BCUT2D eigenvalue weighted by Gasteiger charge is -2.15. The van der Waals surface area contributed by atoms with Gasteiger partial charge in [0.2, 0.25) is 0 Å². The molecule has 0 bridgehead atoms. The van der Waals surface area contributed by atoms with E-state index in [2.05, 4.69) is 10.3 Å². The van der Waals surface area contributed by atoms with Gasteiger partial charge in [-0.3, -0.25) is 0 Å². The monoisotopic (exact) mass is 286 g/mol. The van der Waals surface area contributed by atoms with Gasteiger partial charge in [-0.2, -0.15) is 0 Å². The van der Waals surface area contributed by atoms with E-state index in [1.54, 1.807) is 12.1 Å². The molecule has 1 saturated carbocycles. The van der Waals surface area contributed by atoms with Crippen LogP contribution >= 0.6 is 0 Å². The normalized spacial score (nSPS) is 15.9. The number of carboxylic acid groups (broad SMARTS) is 1. The van der Waals surface area contributed by atoms with Crippen LogP contribution in [-0.4, -0.2) is 34.3 Å². The first-order valence-electron chi connectivity index (χ1n) is 7.11. The van der Waals surface area contributed by atoms with Gasteiger partial charge in [-0.05, 0) is 36.8 Å². The summed E-state index contributed by atoms with van der Waals surface area (Å²) in [6.45, 7) is 0.908. The molecule has 21 heavy (non-hydrogen) atoms. The van der Waals surface area contributed by atoms with E-state index in [0.29, 0.717) is 16.7 Å². The van der Waals surface area contributed by atoms with Crippen molar-refractivity contribution in [3.8, 4) is 0 Å². The van der Waals surface area contributed by atoms with E-state index in [4.69, 9.17) is 5.11 Å². The van der Waals surface area contributed by atoms with Gasteiger partial charge in [0.25, 0.3) is 0 Å². The van der Waals surface area contributed by atoms with E-state index in [-0.39, 0.29) is 17.6 Å². The maximum absolute atomic E-state index is 11.4. The molecule has 0 amide bonds. The van der Waals surface area contributed by atoms with Gasteiger partial charge in [0.15, 0.2) is 0 Å². The summed E-state index contributed by atoms with van der Waals surface area (Å²) in [6.07, 6.45) is 2.97. The zero-order chi connectivity index (χ0) is 14.9. The quantitative estimate of drug-likeness (QED) is 0.760. The van der Waals surface area contributed by atoms with Crippen molar-refractivity contribution >= 4 is 22.7 Å². The van der Waals surface area contributed by atoms with Crippen molar-refractivity contribution in [1.82, 2.24) is 4.98 Å². The molecule has 1 aliphatic rings. The highest BCUT2D eigenvalue weighted by Gasteiger charge is 2.41. The summed E-state index contributed by atoms with van der Waals surface area (Å²) < 4.78 is 0. The second kappa shape index (κ2) is 5.33. The van der Waals surface area contributed by atoms with E-state index >= 15 is 0 Å². The molecular weight excluding hydrogens is 268 g/mol. The van der Waals surface area contributed by atoms with E-state index in [1.807, 2.05) is 18.2 Å². The third kappa shape index (κ3) is 2.83. The highest BCUT2D eigenvalue weighted by Crippen LogP contribution is 2.48. The standard InChI is InChI=1S/C16H18N2O3/c19-8-7-16(5-6-16)10-17-14-9-12(15(20)21)11-3-1-2-4-13(11)18-14/h1-4,9,19H,5-8,10H2,(H,17,18)(H,20,21). The number of anilines is 1. The van der Waals surface area contributed by atoms with Crippen LogP contribution in [0.4, 0.5) is 5.82 Å². The van der Waals surface area contributed by atoms with Crippen LogP contribution in [-0.2, 0) is 0 Å². The number of aliphatic hydroxyl groups is 1. The van der Waals surface area contributed by atoms with E-state index in [1.165, 1.54) is 0 Å². The Bertz CT molecular complexity index is 680. The number of nitrogens with one attached hydrogen (secondary N) is 1. The van der Waals surface area contributed by atoms with Crippen molar-refractivity contribution < 1.29 is 15.0 Å². The third-order valence-corrected chi connectivity index (χ3v) is 4.19. The molecule has 0 radical (unpaired) electrons. The molecule has 0 atom stereocenters. The van der Waals surface area contributed by atoms with Crippen molar-refractivity contribution in [3.05, 3.63) is 35.9 Å². The first-order chi connectivity index (χ1) is 10.1. The summed E-state index contributed by atoms with van der Waals surface area (Å²) in [6, 6.07) is 8.82. The van der Waals surface area contributed by atoms with Gasteiger partial charge in [0.1, 0.15) is 5.82 Å². The Kier molecular flexibility index (Phi) is 3.51. The zero-order valence-electron chi connectivity index (χ0n) is 11.7. The summed E-state index contributed by atoms with van der Waals surface area (Å²) in [7, 11) is 0. The number of nitrogens with zero attached hydrogens (tertiary/aromatic N) is 1. The Labute approximate surface area is 122 Å². The molecular formula is C16H18N2O3. The number of aliphatic hydroxyl groups excluding tert-OH is 1. The lowest BCUT2D eigenvalue weighted by Crippen LogP contribution is -2.17. The molecule has 1 aromatic heterocycles. The largest absolute Gasteiger partial charge is 0.478 e. The van der Waals surface area contributed by atoms with E-state index in [9.17, 15) is 9.90 Å². The average Bonchev–Trinajstić information content (AvgIpc) is 3.24. The van der Waals surface area contributed by atoms with Crippen molar-refractivity contribution in [3.63, 3.8) is 0 Å². The van der Waals surface area contributed by atoms with Crippen LogP contribution in [0.15, 0.2) is 30.3 Å². The Morgan fingerprint density at radius 1 is 1.33 bits per heavy atom. The summed E-state index contributed by atoms with van der Waals surface area (Å²) in [5, 5.41) is 22.3. The first-order valence-corrected chi connectivity index (χ1v) is 7.11. The first kappa shape index (κ1) is 13.8. The number of para-hydroxylation sites is 1. The predicted molar refractivity (Wildman–Crippen MR) is 80.6 cm³/mol. The lowest BCUT2D eigenvalue weighted by atomic mass is 10.0. The minimum absolute atomic E-state index is 0.158. The van der Waals surface area contributed by atoms with Gasteiger partial charge in [0.05, 0.1) is 11.1 Å². The van der Waals surface area contributed by atoms with Gasteiger partial charge >= 0.3 is 5.97 Å². The van der Waals surface area contributed by atoms with Crippen LogP contribution in [0.2, 0.25) is 0 Å². The number of hydrogen-bond donors (Lipinski definition) is 3. The van der Waals surface area contributed by atoms with Crippen LogP contribution in [0, 0.1) is 5.41 Å². The van der Waals surface area contributed by atoms with Gasteiger partial charge < -0.3 is 15.5 Å². The molecule has 0 spiro atoms. The molecule has 1 aliphatic carbocycles. The highest BCUT2D eigenvalue weighted by molar-refractivity contribution is 6.03. The summed E-state index contributed by atoms with van der Waals surface area (Å²) >= 11 is 0. The molecule has 0 aliphatic heterocycles. The SMILES string of the molecule is O=C(O)c1cc(NCC2(CCO)CC2)nc2ccccc12. The van der Waals surface area contributed by atoms with Crippen molar-refractivity contribution in [1.29, 1.82) is 0 Å². The minimum Gasteiger partial charge on any atom is -0.478 e. The Hall–Kier alpha value is -2.14. The second-order valence-electron chi connectivity index (χ2n) is 5.70. The highest BCUT2D eigenvalue weighted by atomic mass is 16.4. The molecule has 5 heteroatoms. The molecule has 3 N–H and O–H groups in total. The fraction of sp³-hybridized carbons (Fsp3) is 0.375. The Morgan fingerprint density at radius 2 is 2.10 bits per heavy atom. The van der Waals surface area contributed by atoms with Crippen molar-refractivity contribution in [2.75, 3.05) is 18.5 Å². The lowest BCUT2D eigenvalue weighted by molar-refractivity contribution is 0.0699. The molecule has 5 nitrogen and oxygen atoms in total. The molecule has 0 saturated heterocycles. The summed E-state index contributed by atoms with van der Waals surface area (Å²) in [5.74, 6) is -0.372. The molecule has 110 valence electrons. The topological polar surface area (TPSA) is 82.5 Å². The number of pyridine rings is 1. The molecule has 1 fully saturated rings. The van der Waals surface area contributed by atoms with Crippen LogP contribution in [0.5, 0.6) is 0 Å². The van der Waals surface area contributed by atoms with Crippen LogP contribution < -0.4 is 5.32 Å².